The van der Waals surface area contributed by atoms with Gasteiger partial charge >= 0.3 is 0 Å². The van der Waals surface area contributed by atoms with Crippen molar-refractivity contribution < 1.29 is 0 Å². The first-order valence-electron chi connectivity index (χ1n) is 3.63. The van der Waals surface area contributed by atoms with Crippen molar-refractivity contribution in [1.82, 2.24) is 0 Å². The van der Waals surface area contributed by atoms with E-state index in [9.17, 15) is 0 Å². The molecule has 0 bridgehead atoms. The normalized spacial score (nSPS) is 9.64. The van der Waals surface area contributed by atoms with E-state index in [1.807, 2.05) is 6.07 Å². The van der Waals surface area contributed by atoms with Gasteiger partial charge in [0.2, 0.25) is 0 Å². The van der Waals surface area contributed by atoms with Crippen molar-refractivity contribution in [2.45, 2.75) is 13.8 Å². The third-order valence-electron chi connectivity index (χ3n) is 1.88. The van der Waals surface area contributed by atoms with Gasteiger partial charge in [-0.2, -0.15) is 0 Å². The highest BCUT2D eigenvalue weighted by Gasteiger charge is 1.95. The predicted molar refractivity (Wildman–Crippen MR) is 49.1 cm³/mol. The van der Waals surface area contributed by atoms with Crippen LogP contribution >= 0.6 is 0 Å². The summed E-state index contributed by atoms with van der Waals surface area (Å²) in [6.45, 7) is 7.83. The smallest absolute Gasteiger partial charge is 0.0314 e. The molecule has 11 heavy (non-hydrogen) atoms. The molecular formula is C10H13N. The van der Waals surface area contributed by atoms with Crippen molar-refractivity contribution in [3.8, 4) is 0 Å². The van der Waals surface area contributed by atoms with Gasteiger partial charge in [-0.25, -0.2) is 0 Å². The van der Waals surface area contributed by atoms with E-state index in [4.69, 9.17) is 5.73 Å². The van der Waals surface area contributed by atoms with Gasteiger partial charge in [-0.05, 0) is 36.6 Å². The van der Waals surface area contributed by atoms with E-state index in [0.29, 0.717) is 5.70 Å². The lowest BCUT2D eigenvalue weighted by atomic mass is 10.1. The van der Waals surface area contributed by atoms with Gasteiger partial charge in [0.1, 0.15) is 0 Å². The summed E-state index contributed by atoms with van der Waals surface area (Å²) in [6.07, 6.45) is 0. The van der Waals surface area contributed by atoms with Crippen LogP contribution in [0.4, 0.5) is 0 Å². The van der Waals surface area contributed by atoms with E-state index >= 15 is 0 Å². The highest BCUT2D eigenvalue weighted by atomic mass is 14.6. The molecule has 58 valence electrons. The monoisotopic (exact) mass is 147 g/mol. The van der Waals surface area contributed by atoms with Gasteiger partial charge in [-0.15, -0.1) is 0 Å². The third-order valence-corrected chi connectivity index (χ3v) is 1.88. The van der Waals surface area contributed by atoms with E-state index < -0.39 is 0 Å². The van der Waals surface area contributed by atoms with Crippen LogP contribution in [0.25, 0.3) is 5.70 Å². The van der Waals surface area contributed by atoms with Crippen molar-refractivity contribution in [2.75, 3.05) is 0 Å². The molecule has 0 atom stereocenters. The van der Waals surface area contributed by atoms with Crippen molar-refractivity contribution >= 4 is 5.70 Å². The summed E-state index contributed by atoms with van der Waals surface area (Å²) in [7, 11) is 0. The van der Waals surface area contributed by atoms with Crippen molar-refractivity contribution in [2.24, 2.45) is 5.73 Å². The van der Waals surface area contributed by atoms with Gasteiger partial charge in [-0.3, -0.25) is 0 Å². The molecule has 0 aliphatic carbocycles. The van der Waals surface area contributed by atoms with Crippen molar-refractivity contribution in [3.63, 3.8) is 0 Å². The van der Waals surface area contributed by atoms with Gasteiger partial charge < -0.3 is 5.73 Å². The molecule has 0 radical (unpaired) electrons. The molecule has 0 unspecified atom stereocenters. The molecule has 2 N–H and O–H groups in total. The van der Waals surface area contributed by atoms with Gasteiger partial charge in [0.05, 0.1) is 0 Å². The zero-order valence-electron chi connectivity index (χ0n) is 7.02. The Morgan fingerprint density at radius 2 is 1.91 bits per heavy atom. The summed E-state index contributed by atoms with van der Waals surface area (Å²) in [4.78, 5) is 0. The fourth-order valence-electron chi connectivity index (χ4n) is 0.941. The van der Waals surface area contributed by atoms with Crippen LogP contribution in [0.1, 0.15) is 16.7 Å². The Labute approximate surface area is 67.5 Å². The highest BCUT2D eigenvalue weighted by molar-refractivity contribution is 5.61. The van der Waals surface area contributed by atoms with Crippen LogP contribution in [0.5, 0.6) is 0 Å². The van der Waals surface area contributed by atoms with Crippen LogP contribution in [0.3, 0.4) is 0 Å². The lowest BCUT2D eigenvalue weighted by molar-refractivity contribution is 1.32. The first-order valence-corrected chi connectivity index (χ1v) is 3.63. The number of aryl methyl sites for hydroxylation is 2. The fourth-order valence-corrected chi connectivity index (χ4v) is 0.941. The van der Waals surface area contributed by atoms with Crippen LogP contribution < -0.4 is 5.73 Å². The Kier molecular flexibility index (Phi) is 1.99. The van der Waals surface area contributed by atoms with E-state index in [1.165, 1.54) is 11.1 Å². The standard InChI is InChI=1S/C10H13N/c1-7-4-5-10(9(3)11)6-8(7)2/h4-6H,3,11H2,1-2H3. The van der Waals surface area contributed by atoms with Crippen LogP contribution in [0.2, 0.25) is 0 Å². The number of hydrogen-bond acceptors (Lipinski definition) is 1. The maximum absolute atomic E-state index is 5.54. The summed E-state index contributed by atoms with van der Waals surface area (Å²) in [5, 5.41) is 0. The first kappa shape index (κ1) is 7.86. The van der Waals surface area contributed by atoms with E-state index in [1.54, 1.807) is 0 Å². The molecule has 1 rings (SSSR count). The van der Waals surface area contributed by atoms with Gasteiger partial charge in [0.15, 0.2) is 0 Å². The maximum atomic E-state index is 5.54. The van der Waals surface area contributed by atoms with Gasteiger partial charge in [-0.1, -0.05) is 18.7 Å². The number of benzene rings is 1. The van der Waals surface area contributed by atoms with Crippen LogP contribution in [0.15, 0.2) is 24.8 Å². The molecule has 0 spiro atoms. The summed E-state index contributed by atoms with van der Waals surface area (Å²) in [6, 6.07) is 6.10. The Morgan fingerprint density at radius 1 is 1.27 bits per heavy atom. The largest absolute Gasteiger partial charge is 0.399 e. The third kappa shape index (κ3) is 1.61. The van der Waals surface area contributed by atoms with Crippen LogP contribution in [-0.4, -0.2) is 0 Å². The summed E-state index contributed by atoms with van der Waals surface area (Å²) in [5.41, 5.74) is 9.74. The lowest BCUT2D eigenvalue weighted by Gasteiger charge is -2.03. The Morgan fingerprint density at radius 3 is 2.36 bits per heavy atom. The quantitative estimate of drug-likeness (QED) is 0.647. The Bertz CT molecular complexity index is 287. The zero-order chi connectivity index (χ0) is 8.43. The van der Waals surface area contributed by atoms with Gasteiger partial charge in [0, 0.05) is 5.70 Å². The molecule has 0 fully saturated rings. The second-order valence-electron chi connectivity index (χ2n) is 2.82. The Balaban J connectivity index is 3.15. The molecule has 1 aromatic carbocycles. The molecule has 0 saturated carbocycles. The SMILES string of the molecule is C=C(N)c1ccc(C)c(C)c1. The molecule has 0 saturated heterocycles. The number of rotatable bonds is 1. The van der Waals surface area contributed by atoms with Crippen LogP contribution in [0, 0.1) is 13.8 Å². The molecular weight excluding hydrogens is 134 g/mol. The second kappa shape index (κ2) is 2.79. The van der Waals surface area contributed by atoms with E-state index in [-0.39, 0.29) is 0 Å². The van der Waals surface area contributed by atoms with E-state index in [0.717, 1.165) is 5.56 Å². The van der Waals surface area contributed by atoms with Gasteiger partial charge in [0.25, 0.3) is 0 Å². The molecule has 1 heteroatoms. The molecule has 1 nitrogen and oxygen atoms in total. The summed E-state index contributed by atoms with van der Waals surface area (Å²) < 4.78 is 0. The maximum Gasteiger partial charge on any atom is 0.0314 e. The molecule has 0 amide bonds. The molecule has 0 heterocycles. The van der Waals surface area contributed by atoms with Crippen LogP contribution in [-0.2, 0) is 0 Å². The highest BCUT2D eigenvalue weighted by Crippen LogP contribution is 2.12. The number of hydrogen-bond donors (Lipinski definition) is 1. The second-order valence-corrected chi connectivity index (χ2v) is 2.82. The molecule has 0 aliphatic heterocycles. The minimum Gasteiger partial charge on any atom is -0.399 e. The topological polar surface area (TPSA) is 26.0 Å². The number of nitrogens with two attached hydrogens (primary N) is 1. The zero-order valence-corrected chi connectivity index (χ0v) is 7.02. The lowest BCUT2D eigenvalue weighted by Crippen LogP contribution is -1.94. The fraction of sp³-hybridized carbons (Fsp3) is 0.200. The minimum absolute atomic E-state index is 0.633. The van der Waals surface area contributed by atoms with Crippen molar-refractivity contribution in [1.29, 1.82) is 0 Å². The summed E-state index contributed by atoms with van der Waals surface area (Å²) >= 11 is 0. The minimum atomic E-state index is 0.633. The first-order chi connectivity index (χ1) is 5.11. The van der Waals surface area contributed by atoms with Crippen molar-refractivity contribution in [3.05, 3.63) is 41.5 Å². The summed E-state index contributed by atoms with van der Waals surface area (Å²) in [5.74, 6) is 0. The molecule has 0 aliphatic rings. The Hall–Kier alpha value is -1.24. The molecule has 0 aromatic heterocycles. The predicted octanol–water partition coefficient (Wildman–Crippen LogP) is 2.23. The average molecular weight is 147 g/mol. The van der Waals surface area contributed by atoms with E-state index in [2.05, 4.69) is 32.6 Å². The molecule has 1 aromatic rings. The average Bonchev–Trinajstić information content (AvgIpc) is 1.94.